The van der Waals surface area contributed by atoms with Crippen LogP contribution in [-0.2, 0) is 6.42 Å². The van der Waals surface area contributed by atoms with Crippen LogP contribution in [0.1, 0.15) is 44.2 Å². The molecule has 90 valence electrons. The van der Waals surface area contributed by atoms with Gasteiger partial charge in [-0.1, -0.05) is 26.0 Å². The van der Waals surface area contributed by atoms with Gasteiger partial charge in [-0.05, 0) is 42.9 Å². The minimum absolute atomic E-state index is 0.268. The lowest BCUT2D eigenvalue weighted by molar-refractivity contribution is 0.407. The highest BCUT2D eigenvalue weighted by Crippen LogP contribution is 2.27. The Morgan fingerprint density at radius 1 is 1.25 bits per heavy atom. The number of benzene rings is 1. The normalized spacial score (nSPS) is 12.9. The molecule has 0 heterocycles. The van der Waals surface area contributed by atoms with Crippen LogP contribution in [0, 0.1) is 0 Å². The highest BCUT2D eigenvalue weighted by Gasteiger charge is 2.08. The van der Waals surface area contributed by atoms with Gasteiger partial charge >= 0.3 is 0 Å². The van der Waals surface area contributed by atoms with Crippen molar-refractivity contribution in [2.75, 3.05) is 7.11 Å². The first-order chi connectivity index (χ1) is 7.54. The molecule has 0 amide bonds. The van der Waals surface area contributed by atoms with Gasteiger partial charge in [0.25, 0.3) is 0 Å². The molecule has 0 aromatic heterocycles. The third-order valence-electron chi connectivity index (χ3n) is 2.80. The number of hydrogen-bond donors (Lipinski definition) is 1. The Morgan fingerprint density at radius 2 is 1.94 bits per heavy atom. The molecule has 1 aromatic carbocycles. The van der Waals surface area contributed by atoms with Crippen LogP contribution in [-0.4, -0.2) is 13.2 Å². The van der Waals surface area contributed by atoms with Crippen molar-refractivity contribution in [2.45, 2.75) is 45.6 Å². The van der Waals surface area contributed by atoms with E-state index in [1.165, 1.54) is 11.1 Å². The minimum Gasteiger partial charge on any atom is -0.496 e. The second-order valence-electron chi connectivity index (χ2n) is 4.75. The molecule has 0 aliphatic carbocycles. The Bertz CT molecular complexity index is 332. The van der Waals surface area contributed by atoms with Gasteiger partial charge in [0.05, 0.1) is 7.11 Å². The lowest BCUT2D eigenvalue weighted by atomic mass is 9.97. The van der Waals surface area contributed by atoms with Crippen LogP contribution in [0.15, 0.2) is 18.2 Å². The zero-order chi connectivity index (χ0) is 12.1. The SMILES string of the molecule is COc1ccc(CCC(C)N)cc1C(C)C. The molecule has 16 heavy (non-hydrogen) atoms. The smallest absolute Gasteiger partial charge is 0.122 e. The van der Waals surface area contributed by atoms with E-state index in [0.717, 1.165) is 18.6 Å². The molecular weight excluding hydrogens is 198 g/mol. The van der Waals surface area contributed by atoms with Crippen LogP contribution in [0.5, 0.6) is 5.75 Å². The van der Waals surface area contributed by atoms with Gasteiger partial charge in [-0.15, -0.1) is 0 Å². The molecule has 0 spiro atoms. The summed E-state index contributed by atoms with van der Waals surface area (Å²) in [5.74, 6) is 1.48. The third-order valence-corrected chi connectivity index (χ3v) is 2.80. The summed E-state index contributed by atoms with van der Waals surface area (Å²) in [5, 5.41) is 0. The maximum atomic E-state index is 5.77. The molecule has 1 unspecified atom stereocenters. The predicted octanol–water partition coefficient (Wildman–Crippen LogP) is 3.10. The molecule has 0 fully saturated rings. The molecule has 1 atom stereocenters. The van der Waals surface area contributed by atoms with E-state index in [0.29, 0.717) is 5.92 Å². The van der Waals surface area contributed by atoms with E-state index in [4.69, 9.17) is 10.5 Å². The Kier molecular flexibility index (Phi) is 4.81. The van der Waals surface area contributed by atoms with Crippen molar-refractivity contribution in [3.05, 3.63) is 29.3 Å². The largest absolute Gasteiger partial charge is 0.496 e. The van der Waals surface area contributed by atoms with Gasteiger partial charge in [0.1, 0.15) is 5.75 Å². The fourth-order valence-corrected chi connectivity index (χ4v) is 1.78. The molecule has 0 radical (unpaired) electrons. The van der Waals surface area contributed by atoms with Crippen LogP contribution in [0.4, 0.5) is 0 Å². The predicted molar refractivity (Wildman–Crippen MR) is 69.1 cm³/mol. The summed E-state index contributed by atoms with van der Waals surface area (Å²) in [4.78, 5) is 0. The Hall–Kier alpha value is -1.02. The van der Waals surface area contributed by atoms with Crippen molar-refractivity contribution in [1.82, 2.24) is 0 Å². The van der Waals surface area contributed by atoms with Crippen LogP contribution >= 0.6 is 0 Å². The summed E-state index contributed by atoms with van der Waals surface area (Å²) >= 11 is 0. The van der Waals surface area contributed by atoms with Crippen molar-refractivity contribution in [3.63, 3.8) is 0 Å². The summed E-state index contributed by atoms with van der Waals surface area (Å²) in [6.07, 6.45) is 2.07. The zero-order valence-electron chi connectivity index (χ0n) is 10.8. The fourth-order valence-electron chi connectivity index (χ4n) is 1.78. The molecule has 0 saturated heterocycles. The highest BCUT2D eigenvalue weighted by atomic mass is 16.5. The van der Waals surface area contributed by atoms with E-state index in [1.807, 2.05) is 6.92 Å². The summed E-state index contributed by atoms with van der Waals surface area (Å²) in [6.45, 7) is 6.42. The van der Waals surface area contributed by atoms with Crippen molar-refractivity contribution in [3.8, 4) is 5.75 Å². The number of nitrogens with two attached hydrogens (primary N) is 1. The van der Waals surface area contributed by atoms with Gasteiger partial charge in [-0.3, -0.25) is 0 Å². The lowest BCUT2D eigenvalue weighted by Crippen LogP contribution is -2.15. The van der Waals surface area contributed by atoms with Crippen LogP contribution in [0.25, 0.3) is 0 Å². The van der Waals surface area contributed by atoms with Crippen molar-refractivity contribution in [2.24, 2.45) is 5.73 Å². The number of hydrogen-bond acceptors (Lipinski definition) is 2. The second kappa shape index (κ2) is 5.90. The average molecular weight is 221 g/mol. The summed E-state index contributed by atoms with van der Waals surface area (Å²) in [6, 6.07) is 6.70. The molecule has 1 rings (SSSR count). The van der Waals surface area contributed by atoms with Crippen LogP contribution in [0.3, 0.4) is 0 Å². The summed E-state index contributed by atoms with van der Waals surface area (Å²) < 4.78 is 5.36. The van der Waals surface area contributed by atoms with E-state index in [-0.39, 0.29) is 6.04 Å². The van der Waals surface area contributed by atoms with Gasteiger partial charge in [0.2, 0.25) is 0 Å². The first-order valence-corrected chi connectivity index (χ1v) is 5.97. The van der Waals surface area contributed by atoms with Crippen molar-refractivity contribution in [1.29, 1.82) is 0 Å². The molecule has 0 aliphatic heterocycles. The monoisotopic (exact) mass is 221 g/mol. The first-order valence-electron chi connectivity index (χ1n) is 5.97. The van der Waals surface area contributed by atoms with Gasteiger partial charge in [0.15, 0.2) is 0 Å². The highest BCUT2D eigenvalue weighted by molar-refractivity contribution is 5.39. The van der Waals surface area contributed by atoms with E-state index in [9.17, 15) is 0 Å². The van der Waals surface area contributed by atoms with Gasteiger partial charge < -0.3 is 10.5 Å². The van der Waals surface area contributed by atoms with Crippen LogP contribution < -0.4 is 10.5 Å². The molecule has 0 bridgehead atoms. The molecule has 2 N–H and O–H groups in total. The Labute approximate surface area is 98.8 Å². The molecule has 0 saturated carbocycles. The fraction of sp³-hybridized carbons (Fsp3) is 0.571. The number of methoxy groups -OCH3 is 1. The number of ether oxygens (including phenoxy) is 1. The zero-order valence-corrected chi connectivity index (χ0v) is 10.8. The minimum atomic E-state index is 0.268. The Morgan fingerprint density at radius 3 is 2.44 bits per heavy atom. The van der Waals surface area contributed by atoms with E-state index < -0.39 is 0 Å². The molecule has 2 nitrogen and oxygen atoms in total. The van der Waals surface area contributed by atoms with E-state index >= 15 is 0 Å². The quantitative estimate of drug-likeness (QED) is 0.829. The van der Waals surface area contributed by atoms with Crippen molar-refractivity contribution < 1.29 is 4.74 Å². The number of aryl methyl sites for hydroxylation is 1. The summed E-state index contributed by atoms with van der Waals surface area (Å²) in [7, 11) is 1.73. The Balaban J connectivity index is 2.85. The standard InChI is InChI=1S/C14H23NO/c1-10(2)13-9-12(6-5-11(3)15)7-8-14(13)16-4/h7-11H,5-6,15H2,1-4H3. The van der Waals surface area contributed by atoms with Crippen molar-refractivity contribution >= 4 is 0 Å². The van der Waals surface area contributed by atoms with E-state index in [1.54, 1.807) is 7.11 Å². The molecular formula is C14H23NO. The van der Waals surface area contributed by atoms with E-state index in [2.05, 4.69) is 32.0 Å². The maximum absolute atomic E-state index is 5.77. The van der Waals surface area contributed by atoms with Gasteiger partial charge in [-0.25, -0.2) is 0 Å². The average Bonchev–Trinajstić information content (AvgIpc) is 2.25. The maximum Gasteiger partial charge on any atom is 0.122 e. The second-order valence-corrected chi connectivity index (χ2v) is 4.75. The number of rotatable bonds is 5. The third kappa shape index (κ3) is 3.53. The topological polar surface area (TPSA) is 35.2 Å². The molecule has 0 aliphatic rings. The lowest BCUT2D eigenvalue weighted by Gasteiger charge is -2.14. The van der Waals surface area contributed by atoms with Crippen LogP contribution in [0.2, 0.25) is 0 Å². The first kappa shape index (κ1) is 13.0. The molecule has 2 heteroatoms. The molecule has 1 aromatic rings. The summed E-state index contributed by atoms with van der Waals surface area (Å²) in [5.41, 5.74) is 8.40. The van der Waals surface area contributed by atoms with Gasteiger partial charge in [-0.2, -0.15) is 0 Å². The van der Waals surface area contributed by atoms with Gasteiger partial charge in [0, 0.05) is 6.04 Å².